The van der Waals surface area contributed by atoms with E-state index in [-0.39, 0.29) is 17.3 Å². The standard InChI is InChI=1S/C24H28N2O5/c1-15-11-19(27)18(14-26-9-7-25(2)8-10-26)24-22(15)23(28)21(31-24)12-16-5-6-17(29-3)13-20(16)30-4/h5-6,11-13,27H,7-10,14H2,1-4H3/p+2/b21-12-. The van der Waals surface area contributed by atoms with Gasteiger partial charge in [-0.3, -0.25) is 4.79 Å². The number of ether oxygens (including phenoxy) is 3. The van der Waals surface area contributed by atoms with Crippen LogP contribution in [0.2, 0.25) is 0 Å². The first-order valence-electron chi connectivity index (χ1n) is 10.6. The van der Waals surface area contributed by atoms with Crippen LogP contribution in [0.5, 0.6) is 23.0 Å². The van der Waals surface area contributed by atoms with Crippen molar-refractivity contribution in [3.05, 3.63) is 52.3 Å². The highest BCUT2D eigenvalue weighted by molar-refractivity contribution is 6.16. The van der Waals surface area contributed by atoms with Gasteiger partial charge in [0.15, 0.2) is 11.5 Å². The summed E-state index contributed by atoms with van der Waals surface area (Å²) < 4.78 is 16.8. The van der Waals surface area contributed by atoms with Gasteiger partial charge in [-0.2, -0.15) is 0 Å². The van der Waals surface area contributed by atoms with Crippen molar-refractivity contribution < 1.29 is 33.9 Å². The Morgan fingerprint density at radius 3 is 2.55 bits per heavy atom. The second kappa shape index (κ2) is 8.61. The second-order valence-corrected chi connectivity index (χ2v) is 8.33. The van der Waals surface area contributed by atoms with Gasteiger partial charge in [0.25, 0.3) is 0 Å². The van der Waals surface area contributed by atoms with Gasteiger partial charge in [-0.1, -0.05) is 0 Å². The van der Waals surface area contributed by atoms with Crippen LogP contribution in [-0.2, 0) is 6.54 Å². The molecule has 3 N–H and O–H groups in total. The molecule has 2 aliphatic rings. The number of hydrogen-bond acceptors (Lipinski definition) is 5. The van der Waals surface area contributed by atoms with E-state index in [4.69, 9.17) is 14.2 Å². The highest BCUT2D eigenvalue weighted by atomic mass is 16.5. The van der Waals surface area contributed by atoms with Crippen LogP contribution < -0.4 is 24.0 Å². The van der Waals surface area contributed by atoms with Crippen LogP contribution in [0.3, 0.4) is 0 Å². The number of fused-ring (bicyclic) bond motifs is 1. The van der Waals surface area contributed by atoms with Crippen molar-refractivity contribution in [3.8, 4) is 23.0 Å². The van der Waals surface area contributed by atoms with Gasteiger partial charge in [0.2, 0.25) is 5.78 Å². The van der Waals surface area contributed by atoms with Gasteiger partial charge in [-0.25, -0.2) is 0 Å². The van der Waals surface area contributed by atoms with Crippen LogP contribution in [0.4, 0.5) is 0 Å². The van der Waals surface area contributed by atoms with E-state index in [1.54, 1.807) is 32.4 Å². The predicted molar refractivity (Wildman–Crippen MR) is 116 cm³/mol. The molecule has 1 saturated heterocycles. The van der Waals surface area contributed by atoms with Gasteiger partial charge in [-0.05, 0) is 36.8 Å². The Hall–Kier alpha value is -3.03. The van der Waals surface area contributed by atoms with E-state index in [1.165, 1.54) is 9.80 Å². The SMILES string of the molecule is COc1ccc(/C=C2\Oc3c(C[NH+]4CC[NH+](C)CC4)c(O)cc(C)c3C2=O)c(OC)c1. The van der Waals surface area contributed by atoms with Crippen molar-refractivity contribution >= 4 is 11.9 Å². The Morgan fingerprint density at radius 1 is 1.13 bits per heavy atom. The smallest absolute Gasteiger partial charge is 0.232 e. The minimum atomic E-state index is -0.176. The number of methoxy groups -OCH3 is 2. The van der Waals surface area contributed by atoms with Crippen LogP contribution in [0, 0.1) is 6.92 Å². The van der Waals surface area contributed by atoms with Gasteiger partial charge in [0.1, 0.15) is 50.0 Å². The zero-order valence-electron chi connectivity index (χ0n) is 18.5. The Morgan fingerprint density at radius 2 is 1.87 bits per heavy atom. The number of phenols is 1. The lowest BCUT2D eigenvalue weighted by Gasteiger charge is -2.27. The van der Waals surface area contributed by atoms with E-state index in [0.717, 1.165) is 31.7 Å². The Balaban J connectivity index is 1.68. The average molecular weight is 427 g/mol. The molecule has 0 amide bonds. The number of ketones is 1. The molecule has 1 fully saturated rings. The number of aryl methyl sites for hydroxylation is 1. The lowest BCUT2D eigenvalue weighted by molar-refractivity contribution is -1.01. The first-order chi connectivity index (χ1) is 14.9. The first-order valence-corrected chi connectivity index (χ1v) is 10.6. The van der Waals surface area contributed by atoms with Crippen molar-refractivity contribution in [2.45, 2.75) is 13.5 Å². The molecule has 31 heavy (non-hydrogen) atoms. The summed E-state index contributed by atoms with van der Waals surface area (Å²) in [5, 5.41) is 10.7. The summed E-state index contributed by atoms with van der Waals surface area (Å²) in [4.78, 5) is 16.1. The lowest BCUT2D eigenvalue weighted by Crippen LogP contribution is -3.26. The molecular formula is C24H30N2O5+2. The molecule has 4 rings (SSSR count). The second-order valence-electron chi connectivity index (χ2n) is 8.33. The molecule has 0 spiro atoms. The molecule has 0 atom stereocenters. The summed E-state index contributed by atoms with van der Waals surface area (Å²) in [6, 6.07) is 7.07. The molecule has 0 radical (unpaired) electrons. The zero-order chi connectivity index (χ0) is 22.1. The largest absolute Gasteiger partial charge is 0.507 e. The topological polar surface area (TPSA) is 73.9 Å². The Kier molecular flexibility index (Phi) is 5.89. The van der Waals surface area contributed by atoms with E-state index >= 15 is 0 Å². The van der Waals surface area contributed by atoms with E-state index in [9.17, 15) is 9.90 Å². The molecule has 0 bridgehead atoms. The number of Topliss-reactive ketones (excluding diaryl/α,β-unsaturated/α-hetero) is 1. The molecular weight excluding hydrogens is 396 g/mol. The van der Waals surface area contributed by atoms with Crippen molar-refractivity contribution in [3.63, 3.8) is 0 Å². The molecule has 7 nitrogen and oxygen atoms in total. The van der Waals surface area contributed by atoms with E-state index in [0.29, 0.717) is 40.5 Å². The van der Waals surface area contributed by atoms with Gasteiger partial charge in [0.05, 0.1) is 32.4 Å². The first kappa shape index (κ1) is 21.2. The number of allylic oxidation sites excluding steroid dienone is 1. The summed E-state index contributed by atoms with van der Waals surface area (Å²) in [7, 11) is 5.36. The van der Waals surface area contributed by atoms with Crippen molar-refractivity contribution in [1.29, 1.82) is 0 Å². The van der Waals surface area contributed by atoms with Gasteiger partial charge in [0, 0.05) is 11.6 Å². The van der Waals surface area contributed by atoms with Gasteiger partial charge in [-0.15, -0.1) is 0 Å². The molecule has 2 aromatic rings. The summed E-state index contributed by atoms with van der Waals surface area (Å²) >= 11 is 0. The fourth-order valence-corrected chi connectivity index (χ4v) is 4.29. The van der Waals surface area contributed by atoms with E-state index in [1.807, 2.05) is 19.1 Å². The molecule has 0 unspecified atom stereocenters. The van der Waals surface area contributed by atoms with Crippen LogP contribution in [0.1, 0.15) is 27.0 Å². The highest BCUT2D eigenvalue weighted by Crippen LogP contribution is 2.42. The Bertz CT molecular complexity index is 1040. The fraction of sp³-hybridized carbons (Fsp3) is 0.375. The lowest BCUT2D eigenvalue weighted by atomic mass is 9.99. The summed E-state index contributed by atoms with van der Waals surface area (Å²) in [5.74, 6) is 1.98. The molecule has 2 aromatic carbocycles. The summed E-state index contributed by atoms with van der Waals surface area (Å²) in [6.45, 7) is 6.68. The van der Waals surface area contributed by atoms with Crippen molar-refractivity contribution in [2.24, 2.45) is 0 Å². The molecule has 2 aliphatic heterocycles. The molecule has 0 aromatic heterocycles. The normalized spacial score (nSPS) is 21.7. The number of hydrogen-bond donors (Lipinski definition) is 3. The predicted octanol–water partition coefficient (Wildman–Crippen LogP) is 0.247. The number of benzene rings is 2. The number of piperazine rings is 1. The van der Waals surface area contributed by atoms with Crippen molar-refractivity contribution in [1.82, 2.24) is 0 Å². The molecule has 2 heterocycles. The fourth-order valence-electron chi connectivity index (χ4n) is 4.29. The van der Waals surface area contributed by atoms with E-state index < -0.39 is 0 Å². The summed E-state index contributed by atoms with van der Waals surface area (Å²) in [6.07, 6.45) is 1.69. The third-order valence-electron chi connectivity index (χ3n) is 6.19. The van der Waals surface area contributed by atoms with E-state index in [2.05, 4.69) is 7.05 Å². The van der Waals surface area contributed by atoms with Gasteiger partial charge >= 0.3 is 0 Å². The maximum Gasteiger partial charge on any atom is 0.232 e. The van der Waals surface area contributed by atoms with Crippen LogP contribution in [0.25, 0.3) is 6.08 Å². The maximum absolute atomic E-state index is 13.2. The quantitative estimate of drug-likeness (QED) is 0.598. The Labute approximate surface area is 182 Å². The maximum atomic E-state index is 13.2. The average Bonchev–Trinajstić information content (AvgIpc) is 3.09. The van der Waals surface area contributed by atoms with Gasteiger partial charge < -0.3 is 29.1 Å². The third-order valence-corrected chi connectivity index (χ3v) is 6.19. The summed E-state index contributed by atoms with van der Waals surface area (Å²) in [5.41, 5.74) is 2.67. The number of quaternary nitrogens is 2. The zero-order valence-corrected chi connectivity index (χ0v) is 18.5. The number of carbonyl (C=O) groups is 1. The molecule has 0 saturated carbocycles. The number of nitrogens with one attached hydrogen (secondary N) is 2. The van der Waals surface area contributed by atoms with Crippen LogP contribution >= 0.6 is 0 Å². The minimum Gasteiger partial charge on any atom is -0.507 e. The monoisotopic (exact) mass is 426 g/mol. The number of phenolic OH excluding ortho intramolecular Hbond substituents is 1. The number of aromatic hydroxyl groups is 1. The van der Waals surface area contributed by atoms with Crippen LogP contribution in [-0.4, -0.2) is 58.3 Å². The number of likely N-dealkylation sites (N-methyl/N-ethyl adjacent to an activating group) is 1. The minimum absolute atomic E-state index is 0.176. The van der Waals surface area contributed by atoms with Crippen molar-refractivity contribution in [2.75, 3.05) is 47.4 Å². The number of carbonyl (C=O) groups excluding carboxylic acids is 1. The molecule has 7 heteroatoms. The van der Waals surface area contributed by atoms with Crippen LogP contribution in [0.15, 0.2) is 30.0 Å². The highest BCUT2D eigenvalue weighted by Gasteiger charge is 2.35. The molecule has 164 valence electrons. The molecule has 0 aliphatic carbocycles. The third kappa shape index (κ3) is 4.11. The number of rotatable bonds is 5.